The minimum Gasteiger partial charge on any atom is -0.496 e. The van der Waals surface area contributed by atoms with Crippen LogP contribution in [0, 0.1) is 6.92 Å². The molecule has 270 valence electrons. The zero-order chi connectivity index (χ0) is 37.2. The number of ether oxygens (including phenoxy) is 4. The minimum atomic E-state index is -0.990. The lowest BCUT2D eigenvalue weighted by Crippen LogP contribution is -2.55. The molecule has 52 heavy (non-hydrogen) atoms. The zero-order valence-corrected chi connectivity index (χ0v) is 30.1. The third-order valence-corrected chi connectivity index (χ3v) is 9.03. The van der Waals surface area contributed by atoms with E-state index in [0.29, 0.717) is 22.8 Å². The van der Waals surface area contributed by atoms with Gasteiger partial charge in [-0.1, -0.05) is 42.5 Å². The lowest BCUT2D eigenvalue weighted by Gasteiger charge is -2.41. The molecule has 1 aliphatic rings. The molecule has 0 radical (unpaired) electrons. The average Bonchev–Trinajstić information content (AvgIpc) is 3.50. The molecule has 11 heteroatoms. The van der Waals surface area contributed by atoms with Crippen LogP contribution in [0.2, 0.25) is 0 Å². The molecule has 4 aromatic carbocycles. The summed E-state index contributed by atoms with van der Waals surface area (Å²) in [6.45, 7) is 7.67. The lowest BCUT2D eigenvalue weighted by atomic mass is 9.88. The Morgan fingerprint density at radius 2 is 1.58 bits per heavy atom. The van der Waals surface area contributed by atoms with Gasteiger partial charge in [0.2, 0.25) is 5.91 Å². The number of carboxylic acid groups (broad SMARTS) is 1. The Kier molecular flexibility index (Phi) is 10.1. The number of aromatic carboxylic acids is 1. The molecule has 0 saturated carbocycles. The first-order chi connectivity index (χ1) is 24.9. The van der Waals surface area contributed by atoms with Crippen LogP contribution in [0.15, 0.2) is 84.9 Å². The number of methoxy groups -OCH3 is 2. The highest BCUT2D eigenvalue weighted by Gasteiger charge is 2.45. The number of nitrogens with zero attached hydrogens (tertiary/aromatic N) is 1. The molecule has 0 aliphatic carbocycles. The first-order valence-corrected chi connectivity index (χ1v) is 17.0. The van der Waals surface area contributed by atoms with Crippen LogP contribution in [0.4, 0.5) is 4.79 Å². The van der Waals surface area contributed by atoms with Crippen LogP contribution in [0.5, 0.6) is 17.2 Å². The number of benzene rings is 4. The molecule has 0 bridgehead atoms. The van der Waals surface area contributed by atoms with Gasteiger partial charge in [0, 0.05) is 23.0 Å². The van der Waals surface area contributed by atoms with E-state index < -0.39 is 29.7 Å². The predicted octanol–water partition coefficient (Wildman–Crippen LogP) is 7.34. The second-order valence-corrected chi connectivity index (χ2v) is 13.8. The van der Waals surface area contributed by atoms with Crippen molar-refractivity contribution in [2.45, 2.75) is 65.0 Å². The van der Waals surface area contributed by atoms with E-state index in [1.54, 1.807) is 47.1 Å². The van der Waals surface area contributed by atoms with Crippen LogP contribution in [0.3, 0.4) is 0 Å². The van der Waals surface area contributed by atoms with Crippen LogP contribution in [-0.4, -0.2) is 58.8 Å². The van der Waals surface area contributed by atoms with Gasteiger partial charge in [0.25, 0.3) is 0 Å². The fourth-order valence-corrected chi connectivity index (χ4v) is 6.62. The Balaban J connectivity index is 1.36. The number of carbonyl (C=O) groups excluding carboxylic acids is 2. The molecule has 0 saturated heterocycles. The molecule has 11 nitrogen and oxygen atoms in total. The molecule has 0 spiro atoms. The Morgan fingerprint density at radius 3 is 2.19 bits per heavy atom. The summed E-state index contributed by atoms with van der Waals surface area (Å²) in [7, 11) is 3.14. The fourth-order valence-electron chi connectivity index (χ4n) is 6.62. The lowest BCUT2D eigenvalue weighted by molar-refractivity contribution is -0.127. The van der Waals surface area contributed by atoms with Gasteiger partial charge in [-0.3, -0.25) is 9.69 Å². The Hall–Kier alpha value is -5.97. The first kappa shape index (κ1) is 35.8. The maximum atomic E-state index is 14.4. The first-order valence-electron chi connectivity index (χ1n) is 17.0. The average molecular weight is 706 g/mol. The molecule has 3 N–H and O–H groups in total. The number of fused-ring (bicyclic) bond motifs is 3. The van der Waals surface area contributed by atoms with Crippen molar-refractivity contribution >= 4 is 28.9 Å². The van der Waals surface area contributed by atoms with Crippen molar-refractivity contribution in [1.29, 1.82) is 0 Å². The molecular weight excluding hydrogens is 662 g/mol. The molecule has 5 aromatic rings. The summed E-state index contributed by atoms with van der Waals surface area (Å²) < 4.78 is 23.3. The van der Waals surface area contributed by atoms with Crippen molar-refractivity contribution in [1.82, 2.24) is 15.2 Å². The third kappa shape index (κ3) is 7.53. The number of rotatable bonds is 10. The van der Waals surface area contributed by atoms with Gasteiger partial charge in [0.05, 0.1) is 31.9 Å². The number of aryl methyl sites for hydroxylation is 1. The molecule has 2 amide bonds. The van der Waals surface area contributed by atoms with Crippen molar-refractivity contribution < 1.29 is 38.4 Å². The van der Waals surface area contributed by atoms with Crippen molar-refractivity contribution in [2.75, 3.05) is 14.2 Å². The molecule has 0 fully saturated rings. The van der Waals surface area contributed by atoms with Crippen molar-refractivity contribution in [2.24, 2.45) is 0 Å². The van der Waals surface area contributed by atoms with Gasteiger partial charge in [-0.05, 0) is 92.4 Å². The molecule has 2 heterocycles. The fraction of sp³-hybridized carbons (Fsp3) is 0.293. The van der Waals surface area contributed by atoms with Crippen LogP contribution in [-0.2, 0) is 29.1 Å². The van der Waals surface area contributed by atoms with Crippen LogP contribution < -0.4 is 19.5 Å². The van der Waals surface area contributed by atoms with Gasteiger partial charge in [-0.25, -0.2) is 9.59 Å². The Bertz CT molecular complexity index is 2070. The molecular formula is C41H43N3O8. The Labute approximate surface area is 302 Å². The molecule has 0 unspecified atom stereocenters. The van der Waals surface area contributed by atoms with Crippen LogP contribution in [0.25, 0.3) is 10.9 Å². The van der Waals surface area contributed by atoms with E-state index >= 15 is 0 Å². The van der Waals surface area contributed by atoms with E-state index in [9.17, 15) is 19.5 Å². The van der Waals surface area contributed by atoms with E-state index in [1.807, 2.05) is 67.6 Å². The highest BCUT2D eigenvalue weighted by molar-refractivity contribution is 5.91. The van der Waals surface area contributed by atoms with E-state index in [-0.39, 0.29) is 31.0 Å². The number of H-pyrrole nitrogens is 1. The standard InChI is InChI=1S/C41H43N3O8/c1-24-19-34(49-5)31(35(20-24)50-6)22-42-38(45)33-21-30-29-9-7-8-10-32(29)43-36(30)37(44(33)40(48)52-41(2,3)4)26-15-17-28(18-16-26)51-23-25-11-13-27(14-12-25)39(46)47/h7-20,33,37,43H,21-23H2,1-6H3,(H,42,45)(H,46,47)/t33-,37+/m1/s1. The van der Waals surface area contributed by atoms with Gasteiger partial charge in [-0.2, -0.15) is 0 Å². The second-order valence-electron chi connectivity index (χ2n) is 13.8. The molecule has 1 aliphatic heterocycles. The number of aromatic amines is 1. The number of hydrogen-bond donors (Lipinski definition) is 3. The largest absolute Gasteiger partial charge is 0.496 e. The summed E-state index contributed by atoms with van der Waals surface area (Å²) in [5.74, 6) is 0.404. The number of carboxylic acids is 1. The normalized spacial score (nSPS) is 15.5. The van der Waals surface area contributed by atoms with E-state index in [0.717, 1.165) is 38.9 Å². The van der Waals surface area contributed by atoms with E-state index in [1.165, 1.54) is 17.0 Å². The minimum absolute atomic E-state index is 0.112. The number of amides is 2. The predicted molar refractivity (Wildman–Crippen MR) is 196 cm³/mol. The van der Waals surface area contributed by atoms with Gasteiger partial charge in [0.1, 0.15) is 41.5 Å². The number of aromatic nitrogens is 1. The highest BCUT2D eigenvalue weighted by atomic mass is 16.6. The summed E-state index contributed by atoms with van der Waals surface area (Å²) in [5, 5.41) is 13.2. The topological polar surface area (TPSA) is 139 Å². The SMILES string of the molecule is COc1cc(C)cc(OC)c1CNC(=O)[C@H]1Cc2c([nH]c3ccccc23)[C@H](c2ccc(OCc3ccc(C(=O)O)cc3)cc2)N1C(=O)OC(C)(C)C. The van der Waals surface area contributed by atoms with Gasteiger partial charge in [-0.15, -0.1) is 0 Å². The smallest absolute Gasteiger partial charge is 0.411 e. The highest BCUT2D eigenvalue weighted by Crippen LogP contribution is 2.42. The van der Waals surface area contributed by atoms with Gasteiger partial charge >= 0.3 is 12.1 Å². The second kappa shape index (κ2) is 14.7. The summed E-state index contributed by atoms with van der Waals surface area (Å²) in [4.78, 5) is 44.9. The monoisotopic (exact) mass is 705 g/mol. The Morgan fingerprint density at radius 1 is 0.923 bits per heavy atom. The quantitative estimate of drug-likeness (QED) is 0.137. The summed E-state index contributed by atoms with van der Waals surface area (Å²) in [6, 6.07) is 23.9. The summed E-state index contributed by atoms with van der Waals surface area (Å²) in [6.07, 6.45) is -0.372. The summed E-state index contributed by atoms with van der Waals surface area (Å²) in [5.41, 5.74) is 5.20. The maximum absolute atomic E-state index is 14.4. The van der Waals surface area contributed by atoms with Crippen molar-refractivity contribution in [3.8, 4) is 17.2 Å². The summed E-state index contributed by atoms with van der Waals surface area (Å²) >= 11 is 0. The van der Waals surface area contributed by atoms with Gasteiger partial charge in [0.15, 0.2) is 0 Å². The number of carbonyl (C=O) groups is 3. The number of para-hydroxylation sites is 1. The van der Waals surface area contributed by atoms with E-state index in [2.05, 4.69) is 10.3 Å². The van der Waals surface area contributed by atoms with Crippen LogP contribution >= 0.6 is 0 Å². The molecule has 2 atom stereocenters. The van der Waals surface area contributed by atoms with Crippen molar-refractivity contribution in [3.63, 3.8) is 0 Å². The molecule has 6 rings (SSSR count). The third-order valence-electron chi connectivity index (χ3n) is 9.03. The van der Waals surface area contributed by atoms with Crippen molar-refractivity contribution in [3.05, 3.63) is 124 Å². The number of hydrogen-bond acceptors (Lipinski definition) is 7. The van der Waals surface area contributed by atoms with E-state index in [4.69, 9.17) is 18.9 Å². The van der Waals surface area contributed by atoms with Gasteiger partial charge < -0.3 is 34.4 Å². The van der Waals surface area contributed by atoms with Crippen LogP contribution in [0.1, 0.15) is 70.7 Å². The zero-order valence-electron chi connectivity index (χ0n) is 30.1. The number of nitrogens with one attached hydrogen (secondary N) is 2. The maximum Gasteiger partial charge on any atom is 0.411 e. The molecule has 1 aromatic heterocycles.